The van der Waals surface area contributed by atoms with Crippen LogP contribution in [0.5, 0.6) is 0 Å². The third-order valence-corrected chi connectivity index (χ3v) is 4.25. The van der Waals surface area contributed by atoms with E-state index < -0.39 is 0 Å². The Hall–Kier alpha value is -2.00. The molecule has 2 aromatic rings. The zero-order valence-corrected chi connectivity index (χ0v) is 13.1. The minimum atomic E-state index is -0.0392. The molecule has 1 amide bonds. The first-order valence-electron chi connectivity index (χ1n) is 6.95. The number of hydrogen-bond donors (Lipinski definition) is 1. The van der Waals surface area contributed by atoms with Crippen LogP contribution in [-0.4, -0.2) is 5.91 Å². The van der Waals surface area contributed by atoms with Crippen LogP contribution in [0.15, 0.2) is 76.5 Å². The van der Waals surface area contributed by atoms with Crippen molar-refractivity contribution in [2.75, 3.05) is 0 Å². The van der Waals surface area contributed by atoms with Crippen molar-refractivity contribution in [3.05, 3.63) is 77.2 Å². The largest absolute Gasteiger partial charge is 0.345 e. The summed E-state index contributed by atoms with van der Waals surface area (Å²) >= 11 is 1.48. The fourth-order valence-corrected chi connectivity index (χ4v) is 2.76. The molecule has 1 atom stereocenters. The third kappa shape index (κ3) is 4.50. The van der Waals surface area contributed by atoms with Crippen molar-refractivity contribution < 1.29 is 4.79 Å². The number of benzene rings is 2. The molecule has 0 saturated heterocycles. The highest BCUT2D eigenvalue weighted by atomic mass is 32.2. The van der Waals surface area contributed by atoms with Crippen LogP contribution >= 0.6 is 11.8 Å². The van der Waals surface area contributed by atoms with E-state index in [0.717, 1.165) is 10.5 Å². The Morgan fingerprint density at radius 2 is 1.62 bits per heavy atom. The lowest BCUT2D eigenvalue weighted by Gasteiger charge is -2.15. The Morgan fingerprint density at radius 3 is 2.19 bits per heavy atom. The second-order valence-corrected chi connectivity index (χ2v) is 5.79. The molecule has 2 aromatic carbocycles. The maximum absolute atomic E-state index is 12.4. The summed E-state index contributed by atoms with van der Waals surface area (Å²) in [5, 5.41) is 3.04. The molecular formula is C18H19NOS. The van der Waals surface area contributed by atoms with Crippen molar-refractivity contribution >= 4 is 17.7 Å². The van der Waals surface area contributed by atoms with E-state index in [1.165, 1.54) is 11.8 Å². The van der Waals surface area contributed by atoms with E-state index in [1.54, 1.807) is 0 Å². The van der Waals surface area contributed by atoms with Crippen LogP contribution < -0.4 is 5.32 Å². The van der Waals surface area contributed by atoms with E-state index in [2.05, 4.69) is 5.32 Å². The van der Waals surface area contributed by atoms with Gasteiger partial charge in [-0.05, 0) is 31.5 Å². The number of carbonyl (C=O) groups is 1. The zero-order valence-electron chi connectivity index (χ0n) is 12.2. The molecule has 0 unspecified atom stereocenters. The van der Waals surface area contributed by atoms with Crippen LogP contribution in [0.1, 0.15) is 25.5 Å². The van der Waals surface area contributed by atoms with Crippen LogP contribution in [0.4, 0.5) is 0 Å². The van der Waals surface area contributed by atoms with Crippen molar-refractivity contribution in [3.8, 4) is 0 Å². The molecule has 2 rings (SSSR count). The number of rotatable bonds is 5. The summed E-state index contributed by atoms with van der Waals surface area (Å²) in [6, 6.07) is 19.9. The summed E-state index contributed by atoms with van der Waals surface area (Å²) in [7, 11) is 0. The van der Waals surface area contributed by atoms with E-state index in [0.29, 0.717) is 4.91 Å². The minimum Gasteiger partial charge on any atom is -0.345 e. The Labute approximate surface area is 130 Å². The predicted octanol–water partition coefficient (Wildman–Crippen LogP) is 4.56. The van der Waals surface area contributed by atoms with Gasteiger partial charge in [0.25, 0.3) is 5.91 Å². The topological polar surface area (TPSA) is 29.1 Å². The van der Waals surface area contributed by atoms with Gasteiger partial charge < -0.3 is 5.32 Å². The van der Waals surface area contributed by atoms with Gasteiger partial charge in [-0.3, -0.25) is 4.79 Å². The molecule has 0 bridgehead atoms. The lowest BCUT2D eigenvalue weighted by molar-refractivity contribution is -0.117. The number of amides is 1. The molecule has 0 saturated carbocycles. The highest BCUT2D eigenvalue weighted by molar-refractivity contribution is 8.04. The molecule has 0 aliphatic carbocycles. The Balaban J connectivity index is 2.01. The average molecular weight is 297 g/mol. The smallest absolute Gasteiger partial charge is 0.258 e. The van der Waals surface area contributed by atoms with Gasteiger partial charge in [0.05, 0.1) is 10.9 Å². The van der Waals surface area contributed by atoms with Gasteiger partial charge in [-0.15, -0.1) is 0 Å². The average Bonchev–Trinajstić information content (AvgIpc) is 2.54. The number of allylic oxidation sites excluding steroid dienone is 1. The summed E-state index contributed by atoms with van der Waals surface area (Å²) in [5.41, 5.74) is 1.10. The maximum Gasteiger partial charge on any atom is 0.258 e. The van der Waals surface area contributed by atoms with Crippen LogP contribution in [0.2, 0.25) is 0 Å². The minimum absolute atomic E-state index is 0.00924. The van der Waals surface area contributed by atoms with E-state index in [4.69, 9.17) is 0 Å². The first kappa shape index (κ1) is 15.4. The molecule has 21 heavy (non-hydrogen) atoms. The lowest BCUT2D eigenvalue weighted by Crippen LogP contribution is -2.27. The highest BCUT2D eigenvalue weighted by Gasteiger charge is 2.14. The Bertz CT molecular complexity index is 608. The van der Waals surface area contributed by atoms with Gasteiger partial charge in [-0.25, -0.2) is 0 Å². The molecule has 0 aromatic heterocycles. The lowest BCUT2D eigenvalue weighted by atomic mass is 10.1. The standard InChI is InChI=1S/C18H19NOS/c1-3-17(21-16-12-8-5-9-13-16)18(20)19-14(2)15-10-6-4-7-11-15/h3-14H,1-2H3,(H,19,20)/b17-3+/t14-/m0/s1. The van der Waals surface area contributed by atoms with Crippen molar-refractivity contribution in [3.63, 3.8) is 0 Å². The van der Waals surface area contributed by atoms with E-state index in [-0.39, 0.29) is 11.9 Å². The fourth-order valence-electron chi connectivity index (χ4n) is 1.94. The van der Waals surface area contributed by atoms with Gasteiger partial charge >= 0.3 is 0 Å². The van der Waals surface area contributed by atoms with Crippen LogP contribution in [0.25, 0.3) is 0 Å². The van der Waals surface area contributed by atoms with Gasteiger partial charge in [0, 0.05) is 4.90 Å². The van der Waals surface area contributed by atoms with E-state index in [9.17, 15) is 4.79 Å². The Morgan fingerprint density at radius 1 is 1.05 bits per heavy atom. The quantitative estimate of drug-likeness (QED) is 0.647. The molecule has 0 spiro atoms. The summed E-state index contributed by atoms with van der Waals surface area (Å²) in [4.78, 5) is 14.1. The monoisotopic (exact) mass is 297 g/mol. The normalized spacial score (nSPS) is 12.8. The molecular weight excluding hydrogens is 278 g/mol. The summed E-state index contributed by atoms with van der Waals surface area (Å²) in [6.07, 6.45) is 1.85. The van der Waals surface area contributed by atoms with Gasteiger partial charge in [-0.1, -0.05) is 66.4 Å². The van der Waals surface area contributed by atoms with Crippen LogP contribution in [-0.2, 0) is 4.79 Å². The number of carbonyl (C=O) groups excluding carboxylic acids is 1. The molecule has 0 radical (unpaired) electrons. The molecule has 0 heterocycles. The number of nitrogens with one attached hydrogen (secondary N) is 1. The van der Waals surface area contributed by atoms with Crippen molar-refractivity contribution in [2.45, 2.75) is 24.8 Å². The first-order chi connectivity index (χ1) is 10.2. The van der Waals surface area contributed by atoms with E-state index >= 15 is 0 Å². The molecule has 1 N–H and O–H groups in total. The molecule has 0 fully saturated rings. The highest BCUT2D eigenvalue weighted by Crippen LogP contribution is 2.27. The van der Waals surface area contributed by atoms with Crippen molar-refractivity contribution in [1.82, 2.24) is 5.32 Å². The summed E-state index contributed by atoms with van der Waals surface area (Å²) in [6.45, 7) is 3.88. The second-order valence-electron chi connectivity index (χ2n) is 4.67. The van der Waals surface area contributed by atoms with Gasteiger partial charge in [0.15, 0.2) is 0 Å². The number of hydrogen-bond acceptors (Lipinski definition) is 2. The van der Waals surface area contributed by atoms with E-state index in [1.807, 2.05) is 80.6 Å². The summed E-state index contributed by atoms with van der Waals surface area (Å²) < 4.78 is 0. The zero-order chi connectivity index (χ0) is 15.1. The molecule has 2 nitrogen and oxygen atoms in total. The fraction of sp³-hybridized carbons (Fsp3) is 0.167. The van der Waals surface area contributed by atoms with Crippen LogP contribution in [0, 0.1) is 0 Å². The number of thioether (sulfide) groups is 1. The van der Waals surface area contributed by atoms with Crippen LogP contribution in [0.3, 0.4) is 0 Å². The maximum atomic E-state index is 12.4. The first-order valence-corrected chi connectivity index (χ1v) is 7.77. The van der Waals surface area contributed by atoms with Crippen molar-refractivity contribution in [2.24, 2.45) is 0 Å². The molecule has 108 valence electrons. The predicted molar refractivity (Wildman–Crippen MR) is 89.1 cm³/mol. The van der Waals surface area contributed by atoms with Crippen molar-refractivity contribution in [1.29, 1.82) is 0 Å². The van der Waals surface area contributed by atoms with Gasteiger partial charge in [0.2, 0.25) is 0 Å². The summed E-state index contributed by atoms with van der Waals surface area (Å²) in [5.74, 6) is -0.0392. The van der Waals surface area contributed by atoms with Gasteiger partial charge in [0.1, 0.15) is 0 Å². The second kappa shape index (κ2) is 7.70. The Kier molecular flexibility index (Phi) is 5.64. The molecule has 0 aliphatic heterocycles. The molecule has 0 aliphatic rings. The molecule has 3 heteroatoms. The third-order valence-electron chi connectivity index (χ3n) is 3.10. The SMILES string of the molecule is C/C=C(/Sc1ccccc1)C(=O)N[C@@H](C)c1ccccc1. The van der Waals surface area contributed by atoms with Gasteiger partial charge in [-0.2, -0.15) is 0 Å².